The Balaban J connectivity index is 2.22. The van der Waals surface area contributed by atoms with Crippen LogP contribution in [0.25, 0.3) is 0 Å². The topological polar surface area (TPSA) is 91.5 Å². The van der Waals surface area contributed by atoms with Gasteiger partial charge in [0.25, 0.3) is 0 Å². The van der Waals surface area contributed by atoms with E-state index in [1.807, 2.05) is 6.92 Å². The summed E-state index contributed by atoms with van der Waals surface area (Å²) >= 11 is 0. The molecule has 0 aliphatic heterocycles. The maximum Gasteiger partial charge on any atom is 0.241 e. The zero-order chi connectivity index (χ0) is 11.1. The van der Waals surface area contributed by atoms with Gasteiger partial charge >= 0.3 is 0 Å². The van der Waals surface area contributed by atoms with Crippen LogP contribution in [-0.2, 0) is 4.79 Å². The third kappa shape index (κ3) is 5.21. The molecule has 0 spiro atoms. The molecular weight excluding hydrogens is 194 g/mol. The highest BCUT2D eigenvalue weighted by Gasteiger charge is 2.21. The number of guanidine groups is 1. The zero-order valence-corrected chi connectivity index (χ0v) is 9.05. The van der Waals surface area contributed by atoms with E-state index in [0.717, 1.165) is 19.3 Å². The van der Waals surface area contributed by atoms with Gasteiger partial charge in [-0.3, -0.25) is 10.2 Å². The molecule has 86 valence electrons. The molecule has 0 aromatic heterocycles. The maximum atomic E-state index is 11.2. The highest BCUT2D eigenvalue weighted by molar-refractivity contribution is 5.84. The Kier molecular flexibility index (Phi) is 4.89. The summed E-state index contributed by atoms with van der Waals surface area (Å²) in [5.41, 5.74) is 2.44. The lowest BCUT2D eigenvalue weighted by molar-refractivity contribution is -0.119. The van der Waals surface area contributed by atoms with Gasteiger partial charge < -0.3 is 10.6 Å². The molecule has 0 aromatic carbocycles. The largest absolute Gasteiger partial charge is 0.355 e. The van der Waals surface area contributed by atoms with Crippen molar-refractivity contribution in [1.29, 1.82) is 0 Å². The van der Waals surface area contributed by atoms with Crippen molar-refractivity contribution >= 4 is 11.9 Å². The number of hydrogen-bond donors (Lipinski definition) is 4. The summed E-state index contributed by atoms with van der Waals surface area (Å²) in [5.74, 6) is 5.67. The summed E-state index contributed by atoms with van der Waals surface area (Å²) in [6, 6.07) is 0.471. The number of rotatable bonds is 5. The Hall–Kier alpha value is -1.30. The van der Waals surface area contributed by atoms with Crippen molar-refractivity contribution in [2.45, 2.75) is 32.2 Å². The molecule has 6 nitrogen and oxygen atoms in total. The van der Waals surface area contributed by atoms with Crippen LogP contribution in [0.15, 0.2) is 4.99 Å². The quantitative estimate of drug-likeness (QED) is 0.206. The summed E-state index contributed by atoms with van der Waals surface area (Å²) < 4.78 is 0. The Labute approximate surface area is 89.7 Å². The van der Waals surface area contributed by atoms with Crippen LogP contribution < -0.4 is 21.9 Å². The second-order valence-electron chi connectivity index (χ2n) is 3.58. The van der Waals surface area contributed by atoms with Crippen LogP contribution in [-0.4, -0.2) is 31.0 Å². The average Bonchev–Trinajstić information content (AvgIpc) is 3.04. The molecule has 0 aromatic rings. The van der Waals surface area contributed by atoms with Crippen LogP contribution in [0.2, 0.25) is 0 Å². The van der Waals surface area contributed by atoms with E-state index < -0.39 is 0 Å². The Morgan fingerprint density at radius 2 is 2.27 bits per heavy atom. The van der Waals surface area contributed by atoms with E-state index in [4.69, 9.17) is 5.84 Å². The standard InChI is InChI=1S/C9H19N5O/c1-2-5-11-8(15)6-12-9(14-10)13-7-3-4-7/h7H,2-6,10H2,1H3,(H,11,15)(H2,12,13,14). The molecule has 0 unspecified atom stereocenters. The highest BCUT2D eigenvalue weighted by atomic mass is 16.1. The predicted octanol–water partition coefficient (Wildman–Crippen LogP) is -0.916. The molecule has 15 heavy (non-hydrogen) atoms. The van der Waals surface area contributed by atoms with Gasteiger partial charge in [-0.05, 0) is 19.3 Å². The van der Waals surface area contributed by atoms with E-state index >= 15 is 0 Å². The summed E-state index contributed by atoms with van der Waals surface area (Å²) in [5, 5.41) is 5.82. The maximum absolute atomic E-state index is 11.2. The second-order valence-corrected chi connectivity index (χ2v) is 3.58. The van der Waals surface area contributed by atoms with Gasteiger partial charge in [0, 0.05) is 12.6 Å². The van der Waals surface area contributed by atoms with E-state index in [1.165, 1.54) is 0 Å². The summed E-state index contributed by atoms with van der Waals surface area (Å²) in [7, 11) is 0. The molecule has 0 radical (unpaired) electrons. The first kappa shape index (κ1) is 11.8. The third-order valence-electron chi connectivity index (χ3n) is 2.01. The first-order chi connectivity index (χ1) is 7.26. The predicted molar refractivity (Wildman–Crippen MR) is 59.1 cm³/mol. The molecule has 5 N–H and O–H groups in total. The molecule has 6 heteroatoms. The number of carbonyl (C=O) groups excluding carboxylic acids is 1. The Bertz CT molecular complexity index is 237. The van der Waals surface area contributed by atoms with Gasteiger partial charge in [0.05, 0.1) is 0 Å². The smallest absolute Gasteiger partial charge is 0.241 e. The van der Waals surface area contributed by atoms with Crippen molar-refractivity contribution in [3.05, 3.63) is 0 Å². The number of hydrazine groups is 1. The van der Waals surface area contributed by atoms with Crippen molar-refractivity contribution in [1.82, 2.24) is 16.1 Å². The number of amides is 1. The molecule has 1 saturated carbocycles. The van der Waals surface area contributed by atoms with Gasteiger partial charge in [-0.15, -0.1) is 0 Å². The molecule has 1 aliphatic rings. The minimum Gasteiger partial charge on any atom is -0.355 e. The van der Waals surface area contributed by atoms with E-state index in [-0.39, 0.29) is 12.5 Å². The van der Waals surface area contributed by atoms with Crippen LogP contribution in [0, 0.1) is 0 Å². The number of aliphatic imine (C=N–C) groups is 1. The van der Waals surface area contributed by atoms with Gasteiger partial charge in [-0.25, -0.2) is 10.8 Å². The van der Waals surface area contributed by atoms with E-state index in [1.54, 1.807) is 0 Å². The molecule has 1 rings (SSSR count). The summed E-state index contributed by atoms with van der Waals surface area (Å²) in [6.07, 6.45) is 3.21. The van der Waals surface area contributed by atoms with Crippen LogP contribution in [0.1, 0.15) is 26.2 Å². The average molecular weight is 213 g/mol. The Morgan fingerprint density at radius 3 is 2.80 bits per heavy atom. The first-order valence-electron chi connectivity index (χ1n) is 5.30. The monoisotopic (exact) mass is 213 g/mol. The van der Waals surface area contributed by atoms with Crippen LogP contribution in [0.3, 0.4) is 0 Å². The lowest BCUT2D eigenvalue weighted by atomic mass is 10.4. The molecule has 0 saturated heterocycles. The number of nitrogens with two attached hydrogens (primary N) is 1. The molecule has 0 bridgehead atoms. The number of carbonyl (C=O) groups is 1. The molecular formula is C9H19N5O. The molecule has 1 aliphatic carbocycles. The molecule has 1 fully saturated rings. The fourth-order valence-electron chi connectivity index (χ4n) is 1.03. The van der Waals surface area contributed by atoms with Gasteiger partial charge in [0.15, 0.2) is 0 Å². The fourth-order valence-corrected chi connectivity index (χ4v) is 1.03. The fraction of sp³-hybridized carbons (Fsp3) is 0.778. The van der Waals surface area contributed by atoms with Crippen LogP contribution >= 0.6 is 0 Å². The zero-order valence-electron chi connectivity index (χ0n) is 9.05. The Morgan fingerprint density at radius 1 is 1.53 bits per heavy atom. The summed E-state index contributed by atoms with van der Waals surface area (Å²) in [6.45, 7) is 2.81. The number of hydrogen-bond acceptors (Lipinski definition) is 3. The highest BCUT2D eigenvalue weighted by Crippen LogP contribution is 2.18. The molecule has 0 atom stereocenters. The molecule has 0 heterocycles. The van der Waals surface area contributed by atoms with Gasteiger partial charge in [-0.2, -0.15) is 0 Å². The van der Waals surface area contributed by atoms with E-state index in [2.05, 4.69) is 21.1 Å². The summed E-state index contributed by atoms with van der Waals surface area (Å²) in [4.78, 5) is 15.2. The third-order valence-corrected chi connectivity index (χ3v) is 2.01. The lowest BCUT2D eigenvalue weighted by Crippen LogP contribution is -2.43. The normalized spacial score (nSPS) is 16.0. The van der Waals surface area contributed by atoms with Gasteiger partial charge in [0.2, 0.25) is 11.9 Å². The van der Waals surface area contributed by atoms with E-state index in [0.29, 0.717) is 18.5 Å². The second kappa shape index (κ2) is 6.23. The van der Waals surface area contributed by atoms with Crippen LogP contribution in [0.5, 0.6) is 0 Å². The van der Waals surface area contributed by atoms with Crippen molar-refractivity contribution in [3.8, 4) is 0 Å². The SMILES string of the molecule is CCCNC(=O)CN=C(NN)NC1CC1. The first-order valence-corrected chi connectivity index (χ1v) is 5.30. The lowest BCUT2D eigenvalue weighted by Gasteiger charge is -2.07. The number of nitrogens with zero attached hydrogens (tertiary/aromatic N) is 1. The van der Waals surface area contributed by atoms with Crippen LogP contribution in [0.4, 0.5) is 0 Å². The van der Waals surface area contributed by atoms with Gasteiger partial charge in [-0.1, -0.05) is 6.92 Å². The van der Waals surface area contributed by atoms with Gasteiger partial charge in [0.1, 0.15) is 6.54 Å². The molecule has 1 amide bonds. The number of nitrogens with one attached hydrogen (secondary N) is 3. The van der Waals surface area contributed by atoms with Crippen molar-refractivity contribution in [3.63, 3.8) is 0 Å². The minimum absolute atomic E-state index is 0.0813. The van der Waals surface area contributed by atoms with E-state index in [9.17, 15) is 4.79 Å². The minimum atomic E-state index is -0.0813. The van der Waals surface area contributed by atoms with Crippen molar-refractivity contribution in [2.24, 2.45) is 10.8 Å². The van der Waals surface area contributed by atoms with Crippen molar-refractivity contribution in [2.75, 3.05) is 13.1 Å². The van der Waals surface area contributed by atoms with Crippen molar-refractivity contribution < 1.29 is 4.79 Å².